The number of hydrogen-bond acceptors (Lipinski definition) is 4. The number of amides is 1. The predicted molar refractivity (Wildman–Crippen MR) is 82.2 cm³/mol. The van der Waals surface area contributed by atoms with Gasteiger partial charge in [-0.1, -0.05) is 6.07 Å². The van der Waals surface area contributed by atoms with Gasteiger partial charge in [0.15, 0.2) is 0 Å². The molecule has 1 aromatic rings. The van der Waals surface area contributed by atoms with Crippen LogP contribution in [0.5, 0.6) is 11.5 Å². The van der Waals surface area contributed by atoms with Crippen LogP contribution in [0.1, 0.15) is 39.2 Å². The Balaban J connectivity index is 1.71. The third-order valence-corrected chi connectivity index (χ3v) is 4.20. The van der Waals surface area contributed by atoms with Crippen molar-refractivity contribution in [1.29, 1.82) is 0 Å². The first-order chi connectivity index (χ1) is 10.3. The summed E-state index contributed by atoms with van der Waals surface area (Å²) in [6, 6.07) is 5.24. The van der Waals surface area contributed by atoms with Gasteiger partial charge in [-0.05, 0) is 45.2 Å². The molecule has 1 saturated heterocycles. The predicted octanol–water partition coefficient (Wildman–Crippen LogP) is 3.10. The van der Waals surface area contributed by atoms with Crippen LogP contribution in [-0.4, -0.2) is 40.4 Å². The number of likely N-dealkylation sites (tertiary alicyclic amines) is 1. The van der Waals surface area contributed by atoms with Crippen LogP contribution in [0.2, 0.25) is 0 Å². The van der Waals surface area contributed by atoms with E-state index in [9.17, 15) is 9.90 Å². The summed E-state index contributed by atoms with van der Waals surface area (Å²) in [7, 11) is 0. The van der Waals surface area contributed by atoms with Gasteiger partial charge in [0.05, 0.1) is 6.54 Å². The van der Waals surface area contributed by atoms with Gasteiger partial charge in [0, 0.05) is 19.0 Å². The zero-order valence-electron chi connectivity index (χ0n) is 13.4. The first kappa shape index (κ1) is 15.0. The average Bonchev–Trinajstić information content (AvgIpc) is 2.80. The molecule has 2 aliphatic heterocycles. The van der Waals surface area contributed by atoms with E-state index < -0.39 is 5.60 Å². The van der Waals surface area contributed by atoms with Crippen LogP contribution in [-0.2, 0) is 11.2 Å². The number of nitrogens with zero attached hydrogens (tertiary/aromatic N) is 1. The molecule has 5 heteroatoms. The van der Waals surface area contributed by atoms with Crippen molar-refractivity contribution in [2.24, 2.45) is 0 Å². The Morgan fingerprint density at radius 1 is 1.36 bits per heavy atom. The fourth-order valence-electron chi connectivity index (χ4n) is 3.11. The number of ether oxygens (including phenoxy) is 2. The largest absolute Gasteiger partial charge is 0.508 e. The first-order valence-corrected chi connectivity index (χ1v) is 7.75. The highest BCUT2D eigenvalue weighted by Crippen LogP contribution is 2.40. The van der Waals surface area contributed by atoms with Crippen LogP contribution >= 0.6 is 0 Å². The molecule has 0 radical (unpaired) electrons. The van der Waals surface area contributed by atoms with Crippen molar-refractivity contribution in [3.63, 3.8) is 0 Å². The van der Waals surface area contributed by atoms with Gasteiger partial charge in [0.2, 0.25) is 0 Å². The second-order valence-corrected chi connectivity index (χ2v) is 7.23. The number of benzene rings is 1. The van der Waals surface area contributed by atoms with E-state index in [1.807, 2.05) is 26.8 Å². The summed E-state index contributed by atoms with van der Waals surface area (Å²) < 4.78 is 11.6. The molecule has 3 rings (SSSR count). The molecule has 22 heavy (non-hydrogen) atoms. The highest BCUT2D eigenvalue weighted by molar-refractivity contribution is 5.68. The average molecular weight is 305 g/mol. The van der Waals surface area contributed by atoms with Crippen molar-refractivity contribution >= 4 is 6.09 Å². The molecule has 1 atom stereocenters. The van der Waals surface area contributed by atoms with Crippen LogP contribution < -0.4 is 4.74 Å². The van der Waals surface area contributed by atoms with Gasteiger partial charge in [-0.25, -0.2) is 4.79 Å². The van der Waals surface area contributed by atoms with Crippen molar-refractivity contribution < 1.29 is 19.4 Å². The number of fused-ring (bicyclic) bond motifs is 1. The second-order valence-electron chi connectivity index (χ2n) is 7.23. The summed E-state index contributed by atoms with van der Waals surface area (Å²) in [6.45, 7) is 6.78. The fraction of sp³-hybridized carbons (Fsp3) is 0.588. The van der Waals surface area contributed by atoms with Gasteiger partial charge < -0.3 is 19.5 Å². The summed E-state index contributed by atoms with van der Waals surface area (Å²) in [4.78, 5) is 13.9. The van der Waals surface area contributed by atoms with Crippen molar-refractivity contribution in [1.82, 2.24) is 4.90 Å². The van der Waals surface area contributed by atoms with Crippen molar-refractivity contribution in [3.8, 4) is 11.5 Å². The lowest BCUT2D eigenvalue weighted by Gasteiger charge is -2.35. The number of aryl methyl sites for hydroxylation is 1. The molecular formula is C17H23NO4. The third kappa shape index (κ3) is 2.98. The van der Waals surface area contributed by atoms with Gasteiger partial charge in [-0.3, -0.25) is 0 Å². The molecule has 1 spiro atoms. The minimum Gasteiger partial charge on any atom is -0.508 e. The quantitative estimate of drug-likeness (QED) is 0.800. The van der Waals surface area contributed by atoms with Gasteiger partial charge >= 0.3 is 6.09 Å². The maximum atomic E-state index is 12.2. The molecule has 0 aliphatic carbocycles. The van der Waals surface area contributed by atoms with Gasteiger partial charge in [0.25, 0.3) is 0 Å². The summed E-state index contributed by atoms with van der Waals surface area (Å²) in [5.41, 5.74) is 0.273. The van der Waals surface area contributed by atoms with Gasteiger partial charge in [-0.2, -0.15) is 0 Å². The maximum absolute atomic E-state index is 12.2. The van der Waals surface area contributed by atoms with E-state index in [4.69, 9.17) is 9.47 Å². The van der Waals surface area contributed by atoms with E-state index in [1.165, 1.54) is 0 Å². The molecule has 0 saturated carbocycles. The molecular weight excluding hydrogens is 282 g/mol. The standard InChI is InChI=1S/C17H23NO4/c1-16(2,3)22-15(20)18-9-8-17(11-18)7-6-12-4-5-13(19)10-14(12)21-17/h4-5,10,19H,6-9,11H2,1-3H3/t17-/m0/s1. The molecule has 0 unspecified atom stereocenters. The molecule has 5 nitrogen and oxygen atoms in total. The molecule has 120 valence electrons. The van der Waals surface area contributed by atoms with Crippen LogP contribution in [0, 0.1) is 0 Å². The molecule has 0 aromatic heterocycles. The van der Waals surface area contributed by atoms with E-state index in [1.54, 1.807) is 17.0 Å². The highest BCUT2D eigenvalue weighted by atomic mass is 16.6. The lowest BCUT2D eigenvalue weighted by molar-refractivity contribution is 0.0170. The highest BCUT2D eigenvalue weighted by Gasteiger charge is 2.45. The number of rotatable bonds is 0. The monoisotopic (exact) mass is 305 g/mol. The third-order valence-electron chi connectivity index (χ3n) is 4.20. The topological polar surface area (TPSA) is 59.0 Å². The summed E-state index contributed by atoms with van der Waals surface area (Å²) in [5.74, 6) is 0.940. The zero-order valence-corrected chi connectivity index (χ0v) is 13.4. The molecule has 0 bridgehead atoms. The number of carbonyl (C=O) groups excluding carboxylic acids is 1. The van der Waals surface area contributed by atoms with Crippen LogP contribution in [0.15, 0.2) is 18.2 Å². The SMILES string of the molecule is CC(C)(C)OC(=O)N1CC[C@@]2(CCc3ccc(O)cc3O2)C1. The molecule has 2 heterocycles. The van der Waals surface area contributed by atoms with Crippen LogP contribution in [0.3, 0.4) is 0 Å². The second kappa shape index (κ2) is 5.07. The van der Waals surface area contributed by atoms with Crippen molar-refractivity contribution in [2.75, 3.05) is 13.1 Å². The summed E-state index contributed by atoms with van der Waals surface area (Å²) in [6.07, 6.45) is 2.29. The Bertz CT molecular complexity index is 593. The van der Waals surface area contributed by atoms with Crippen molar-refractivity contribution in [3.05, 3.63) is 23.8 Å². The number of phenolic OH excluding ortho intramolecular Hbond substituents is 1. The Hall–Kier alpha value is -1.91. The maximum Gasteiger partial charge on any atom is 0.410 e. The smallest absolute Gasteiger partial charge is 0.410 e. The van der Waals surface area contributed by atoms with E-state index >= 15 is 0 Å². The molecule has 1 fully saturated rings. The Morgan fingerprint density at radius 3 is 2.86 bits per heavy atom. The zero-order chi connectivity index (χ0) is 16.0. The Morgan fingerprint density at radius 2 is 2.14 bits per heavy atom. The van der Waals surface area contributed by atoms with E-state index in [0.717, 1.165) is 30.6 Å². The number of carbonyl (C=O) groups is 1. The number of aromatic hydroxyl groups is 1. The van der Waals surface area contributed by atoms with E-state index in [-0.39, 0.29) is 17.4 Å². The lowest BCUT2D eigenvalue weighted by atomic mass is 9.90. The minimum atomic E-state index is -0.487. The minimum absolute atomic E-state index is 0.206. The van der Waals surface area contributed by atoms with E-state index in [2.05, 4.69) is 0 Å². The molecule has 1 N–H and O–H groups in total. The molecule has 1 amide bonds. The normalized spacial score (nSPS) is 24.0. The van der Waals surface area contributed by atoms with Crippen LogP contribution in [0.25, 0.3) is 0 Å². The van der Waals surface area contributed by atoms with E-state index in [0.29, 0.717) is 13.1 Å². The number of hydrogen-bond donors (Lipinski definition) is 1. The van der Waals surface area contributed by atoms with Crippen molar-refractivity contribution in [2.45, 2.75) is 51.2 Å². The summed E-state index contributed by atoms with van der Waals surface area (Å²) in [5, 5.41) is 9.62. The Kier molecular flexibility index (Phi) is 3.46. The summed E-state index contributed by atoms with van der Waals surface area (Å²) >= 11 is 0. The fourth-order valence-corrected chi connectivity index (χ4v) is 3.11. The number of phenols is 1. The van der Waals surface area contributed by atoms with Gasteiger partial charge in [0.1, 0.15) is 22.7 Å². The first-order valence-electron chi connectivity index (χ1n) is 7.75. The Labute approximate surface area is 130 Å². The molecule has 1 aromatic carbocycles. The van der Waals surface area contributed by atoms with Gasteiger partial charge in [-0.15, -0.1) is 0 Å². The molecule has 2 aliphatic rings. The lowest BCUT2D eigenvalue weighted by Crippen LogP contribution is -2.44. The van der Waals surface area contributed by atoms with Crippen LogP contribution in [0.4, 0.5) is 4.79 Å².